The topological polar surface area (TPSA) is 110 Å². The second-order valence-electron chi connectivity index (χ2n) is 4.83. The number of nitrogens with one attached hydrogen (secondary N) is 2. The van der Waals surface area contributed by atoms with Crippen LogP contribution >= 0.6 is 0 Å². The van der Waals surface area contributed by atoms with Gasteiger partial charge in [0.05, 0.1) is 5.75 Å². The maximum absolute atomic E-state index is 11.0. The Bertz CT molecular complexity index is 542. The van der Waals surface area contributed by atoms with Gasteiger partial charge in [0, 0.05) is 24.8 Å². The van der Waals surface area contributed by atoms with E-state index in [1.165, 1.54) is 6.26 Å². The zero-order valence-corrected chi connectivity index (χ0v) is 11.7. The van der Waals surface area contributed by atoms with Gasteiger partial charge in [-0.25, -0.2) is 24.2 Å². The Morgan fingerprint density at radius 2 is 2.05 bits per heavy atom. The lowest BCUT2D eigenvalue weighted by Crippen LogP contribution is -2.14. The van der Waals surface area contributed by atoms with Crippen LogP contribution in [0.4, 0.5) is 11.6 Å². The van der Waals surface area contributed by atoms with E-state index < -0.39 is 9.84 Å². The van der Waals surface area contributed by atoms with Gasteiger partial charge in [0.2, 0.25) is 0 Å². The number of rotatable bonds is 7. The molecule has 0 unspecified atom stereocenters. The van der Waals surface area contributed by atoms with Crippen LogP contribution in [0.3, 0.4) is 0 Å². The molecule has 1 aliphatic rings. The fourth-order valence-electron chi connectivity index (χ4n) is 1.71. The summed E-state index contributed by atoms with van der Waals surface area (Å²) in [5, 5.41) is 3.10. The molecule has 8 heteroatoms. The Balaban J connectivity index is 1.93. The van der Waals surface area contributed by atoms with Gasteiger partial charge in [-0.1, -0.05) is 0 Å². The number of anilines is 2. The van der Waals surface area contributed by atoms with E-state index in [1.807, 2.05) is 0 Å². The molecule has 1 aliphatic carbocycles. The van der Waals surface area contributed by atoms with E-state index in [-0.39, 0.29) is 5.75 Å². The largest absolute Gasteiger partial charge is 0.370 e. The molecule has 0 saturated heterocycles. The molecule has 0 spiro atoms. The minimum absolute atomic E-state index is 0.169. The van der Waals surface area contributed by atoms with E-state index in [4.69, 9.17) is 5.84 Å². The van der Waals surface area contributed by atoms with Gasteiger partial charge in [0.1, 0.15) is 27.3 Å². The highest BCUT2D eigenvalue weighted by Gasteiger charge is 2.27. The van der Waals surface area contributed by atoms with Gasteiger partial charge in [-0.15, -0.1) is 0 Å². The van der Waals surface area contributed by atoms with E-state index in [1.54, 1.807) is 6.07 Å². The smallest absolute Gasteiger partial charge is 0.147 e. The van der Waals surface area contributed by atoms with Crippen molar-refractivity contribution in [2.45, 2.75) is 25.2 Å². The predicted molar refractivity (Wildman–Crippen MR) is 74.6 cm³/mol. The number of hydrogen-bond donors (Lipinski definition) is 3. The number of sulfone groups is 1. The van der Waals surface area contributed by atoms with E-state index in [9.17, 15) is 8.42 Å². The number of hydrazine groups is 1. The molecule has 0 atom stereocenters. The molecule has 0 aliphatic heterocycles. The summed E-state index contributed by atoms with van der Waals surface area (Å²) in [5.74, 6) is 8.02. The van der Waals surface area contributed by atoms with Crippen LogP contribution in [-0.4, -0.2) is 36.9 Å². The Morgan fingerprint density at radius 1 is 1.37 bits per heavy atom. The number of aromatic nitrogens is 2. The molecule has 1 heterocycles. The fraction of sp³-hybridized carbons (Fsp3) is 0.636. The molecular weight excluding hydrogens is 266 g/mol. The number of nitrogen functional groups attached to an aromatic ring is 1. The van der Waals surface area contributed by atoms with Crippen molar-refractivity contribution >= 4 is 21.5 Å². The molecule has 0 amide bonds. The van der Waals surface area contributed by atoms with Crippen LogP contribution in [0.1, 0.15) is 31.0 Å². The van der Waals surface area contributed by atoms with Crippen LogP contribution < -0.4 is 16.6 Å². The van der Waals surface area contributed by atoms with Gasteiger partial charge >= 0.3 is 0 Å². The molecule has 4 N–H and O–H groups in total. The summed E-state index contributed by atoms with van der Waals surface area (Å²) in [5.41, 5.74) is 2.52. The molecule has 0 radical (unpaired) electrons. The Kier molecular flexibility index (Phi) is 4.20. The molecule has 2 rings (SSSR count). The van der Waals surface area contributed by atoms with Crippen LogP contribution in [0, 0.1) is 0 Å². The first kappa shape index (κ1) is 14.0. The maximum atomic E-state index is 11.0. The van der Waals surface area contributed by atoms with Gasteiger partial charge in [0.15, 0.2) is 0 Å². The van der Waals surface area contributed by atoms with Crippen molar-refractivity contribution in [1.82, 2.24) is 9.97 Å². The first-order valence-electron chi connectivity index (χ1n) is 6.25. The van der Waals surface area contributed by atoms with Gasteiger partial charge in [0.25, 0.3) is 0 Å². The highest BCUT2D eigenvalue weighted by atomic mass is 32.2. The lowest BCUT2D eigenvalue weighted by Gasteiger charge is -2.09. The average molecular weight is 285 g/mol. The Morgan fingerprint density at radius 3 is 2.63 bits per heavy atom. The van der Waals surface area contributed by atoms with Crippen molar-refractivity contribution in [3.63, 3.8) is 0 Å². The van der Waals surface area contributed by atoms with Crippen LogP contribution in [-0.2, 0) is 9.84 Å². The summed E-state index contributed by atoms with van der Waals surface area (Å²) in [4.78, 5) is 8.71. The monoisotopic (exact) mass is 285 g/mol. The molecule has 19 heavy (non-hydrogen) atoms. The third-order valence-electron chi connectivity index (χ3n) is 2.83. The normalized spacial score (nSPS) is 15.3. The zero-order valence-electron chi connectivity index (χ0n) is 10.9. The van der Waals surface area contributed by atoms with E-state index in [0.717, 1.165) is 18.7 Å². The summed E-state index contributed by atoms with van der Waals surface area (Å²) >= 11 is 0. The van der Waals surface area contributed by atoms with Crippen molar-refractivity contribution < 1.29 is 8.42 Å². The first-order chi connectivity index (χ1) is 8.98. The maximum Gasteiger partial charge on any atom is 0.147 e. The summed E-state index contributed by atoms with van der Waals surface area (Å²) in [6, 6.07) is 1.71. The molecule has 0 bridgehead atoms. The molecule has 1 fully saturated rings. The van der Waals surface area contributed by atoms with Crippen molar-refractivity contribution in [3.05, 3.63) is 11.9 Å². The summed E-state index contributed by atoms with van der Waals surface area (Å²) < 4.78 is 22.0. The summed E-state index contributed by atoms with van der Waals surface area (Å²) in [7, 11) is -2.91. The highest BCUT2D eigenvalue weighted by molar-refractivity contribution is 7.90. The van der Waals surface area contributed by atoms with Crippen molar-refractivity contribution in [2.24, 2.45) is 5.84 Å². The minimum atomic E-state index is -2.91. The van der Waals surface area contributed by atoms with Crippen LogP contribution in [0.25, 0.3) is 0 Å². The average Bonchev–Trinajstić information content (AvgIpc) is 3.17. The molecule has 1 aromatic heterocycles. The van der Waals surface area contributed by atoms with Crippen LogP contribution in [0.15, 0.2) is 6.07 Å². The SMILES string of the molecule is CS(=O)(=O)CCCNc1cc(NN)nc(C2CC2)n1. The van der Waals surface area contributed by atoms with Crippen LogP contribution in [0.2, 0.25) is 0 Å². The fourth-order valence-corrected chi connectivity index (χ4v) is 2.37. The second kappa shape index (κ2) is 5.70. The lowest BCUT2D eigenvalue weighted by atomic mass is 10.3. The predicted octanol–water partition coefficient (Wildman–Crippen LogP) is 0.486. The molecule has 1 aromatic rings. The number of nitrogens with zero attached hydrogens (tertiary/aromatic N) is 2. The van der Waals surface area contributed by atoms with E-state index >= 15 is 0 Å². The van der Waals surface area contributed by atoms with E-state index in [2.05, 4.69) is 20.7 Å². The number of hydrogen-bond acceptors (Lipinski definition) is 7. The van der Waals surface area contributed by atoms with Crippen molar-refractivity contribution in [3.8, 4) is 0 Å². The van der Waals surface area contributed by atoms with Crippen molar-refractivity contribution in [2.75, 3.05) is 29.3 Å². The van der Waals surface area contributed by atoms with E-state index in [0.29, 0.717) is 30.5 Å². The molecule has 1 saturated carbocycles. The van der Waals surface area contributed by atoms with Gasteiger partial charge < -0.3 is 10.7 Å². The zero-order chi connectivity index (χ0) is 13.9. The molecule has 0 aromatic carbocycles. The summed E-state index contributed by atoms with van der Waals surface area (Å²) in [6.45, 7) is 0.554. The third kappa shape index (κ3) is 4.64. The van der Waals surface area contributed by atoms with Gasteiger partial charge in [-0.3, -0.25) is 0 Å². The van der Waals surface area contributed by atoms with Gasteiger partial charge in [-0.2, -0.15) is 0 Å². The van der Waals surface area contributed by atoms with Crippen molar-refractivity contribution in [1.29, 1.82) is 0 Å². The second-order valence-corrected chi connectivity index (χ2v) is 7.09. The summed E-state index contributed by atoms with van der Waals surface area (Å²) in [6.07, 6.45) is 4.01. The highest BCUT2D eigenvalue weighted by Crippen LogP contribution is 2.38. The molecule has 106 valence electrons. The molecular formula is C11H19N5O2S. The van der Waals surface area contributed by atoms with Crippen LogP contribution in [0.5, 0.6) is 0 Å². The van der Waals surface area contributed by atoms with Gasteiger partial charge in [-0.05, 0) is 19.3 Å². The number of nitrogens with two attached hydrogens (primary N) is 1. The Labute approximate surface area is 112 Å². The lowest BCUT2D eigenvalue weighted by molar-refractivity contribution is 0.600. The third-order valence-corrected chi connectivity index (χ3v) is 3.86. The molecule has 7 nitrogen and oxygen atoms in total. The standard InChI is InChI=1S/C11H19N5O2S/c1-19(17,18)6-2-5-13-9-7-10(16-12)15-11(14-9)8-3-4-8/h7-8H,2-6,12H2,1H3,(H2,13,14,15,16). The quantitative estimate of drug-likeness (QED) is 0.380. The first-order valence-corrected chi connectivity index (χ1v) is 8.31. The Hall–Kier alpha value is -1.41. The minimum Gasteiger partial charge on any atom is -0.370 e.